The fourth-order valence-electron chi connectivity index (χ4n) is 2.32. The number of hydrogen-bond acceptors (Lipinski definition) is 3. The topological polar surface area (TPSA) is 41.6 Å². The van der Waals surface area contributed by atoms with Gasteiger partial charge >= 0.3 is 6.18 Å². The van der Waals surface area contributed by atoms with Crippen LogP contribution < -0.4 is 15.0 Å². The molecule has 25 heavy (non-hydrogen) atoms. The van der Waals surface area contributed by atoms with E-state index in [0.29, 0.717) is 17.0 Å². The maximum absolute atomic E-state index is 13.3. The van der Waals surface area contributed by atoms with Crippen LogP contribution in [0.5, 0.6) is 5.75 Å². The van der Waals surface area contributed by atoms with Gasteiger partial charge < -0.3 is 15.0 Å². The van der Waals surface area contributed by atoms with Crippen molar-refractivity contribution in [3.05, 3.63) is 53.6 Å². The van der Waals surface area contributed by atoms with E-state index in [-0.39, 0.29) is 12.1 Å². The second-order valence-electron chi connectivity index (χ2n) is 5.70. The molecule has 0 fully saturated rings. The number of nitrogens with zero attached hydrogens (tertiary/aromatic N) is 1. The summed E-state index contributed by atoms with van der Waals surface area (Å²) in [5.74, 6) is 0.0490. The van der Waals surface area contributed by atoms with Crippen molar-refractivity contribution >= 4 is 17.3 Å². The molecule has 134 valence electrons. The molecule has 0 aliphatic rings. The number of halogens is 3. The van der Waals surface area contributed by atoms with Crippen LogP contribution in [0.2, 0.25) is 0 Å². The highest BCUT2D eigenvalue weighted by molar-refractivity contribution is 5.93. The van der Waals surface area contributed by atoms with Gasteiger partial charge in [0.2, 0.25) is 5.91 Å². The van der Waals surface area contributed by atoms with E-state index >= 15 is 0 Å². The summed E-state index contributed by atoms with van der Waals surface area (Å²) < 4.78 is 44.9. The Kier molecular flexibility index (Phi) is 5.56. The van der Waals surface area contributed by atoms with Crippen molar-refractivity contribution in [3.63, 3.8) is 0 Å². The number of hydrogen-bond donors (Lipinski definition) is 1. The number of anilines is 2. The largest absolute Gasteiger partial charge is 0.497 e. The highest BCUT2D eigenvalue weighted by Gasteiger charge is 2.34. The minimum absolute atomic E-state index is 0.0517. The Labute approximate surface area is 144 Å². The zero-order valence-electron chi connectivity index (χ0n) is 14.1. The van der Waals surface area contributed by atoms with Gasteiger partial charge in [0.1, 0.15) is 5.75 Å². The van der Waals surface area contributed by atoms with Gasteiger partial charge in [-0.3, -0.25) is 4.79 Å². The lowest BCUT2D eigenvalue weighted by atomic mass is 10.1. The normalized spacial score (nSPS) is 11.1. The van der Waals surface area contributed by atoms with Crippen molar-refractivity contribution in [1.82, 2.24) is 0 Å². The molecule has 1 amide bonds. The predicted molar refractivity (Wildman–Crippen MR) is 91.1 cm³/mol. The summed E-state index contributed by atoms with van der Waals surface area (Å²) >= 11 is 0. The van der Waals surface area contributed by atoms with Crippen molar-refractivity contribution in [3.8, 4) is 5.75 Å². The average Bonchev–Trinajstić information content (AvgIpc) is 2.54. The fourth-order valence-corrected chi connectivity index (χ4v) is 2.32. The number of ether oxygens (including phenoxy) is 1. The maximum atomic E-state index is 13.3. The lowest BCUT2D eigenvalue weighted by molar-refractivity contribution is -0.136. The number of carbonyl (C=O) groups is 1. The van der Waals surface area contributed by atoms with Gasteiger partial charge in [-0.15, -0.1) is 0 Å². The fraction of sp³-hybridized carbons (Fsp3) is 0.278. The minimum Gasteiger partial charge on any atom is -0.497 e. The Morgan fingerprint density at radius 2 is 1.88 bits per heavy atom. The van der Waals surface area contributed by atoms with Gasteiger partial charge in [-0.05, 0) is 35.9 Å². The molecule has 2 rings (SSSR count). The van der Waals surface area contributed by atoms with E-state index in [2.05, 4.69) is 5.32 Å². The summed E-state index contributed by atoms with van der Waals surface area (Å²) in [5, 5.41) is 2.35. The molecule has 0 unspecified atom stereocenters. The maximum Gasteiger partial charge on any atom is 0.418 e. The number of amides is 1. The smallest absolute Gasteiger partial charge is 0.418 e. The van der Waals surface area contributed by atoms with Crippen LogP contribution in [0.25, 0.3) is 0 Å². The van der Waals surface area contributed by atoms with Crippen molar-refractivity contribution in [2.24, 2.45) is 0 Å². The molecule has 2 aromatic rings. The Morgan fingerprint density at radius 1 is 1.16 bits per heavy atom. The first-order valence-corrected chi connectivity index (χ1v) is 7.52. The van der Waals surface area contributed by atoms with Crippen LogP contribution in [0.3, 0.4) is 0 Å². The molecule has 0 spiro atoms. The highest BCUT2D eigenvalue weighted by atomic mass is 19.4. The van der Waals surface area contributed by atoms with Gasteiger partial charge in [-0.25, -0.2) is 0 Å². The van der Waals surface area contributed by atoms with E-state index < -0.39 is 17.6 Å². The summed E-state index contributed by atoms with van der Waals surface area (Å²) in [5.41, 5.74) is -0.0860. The van der Waals surface area contributed by atoms with Crippen LogP contribution in [0, 0.1) is 0 Å². The number of benzene rings is 2. The Morgan fingerprint density at radius 3 is 2.48 bits per heavy atom. The Balaban J connectivity index is 2.22. The molecule has 0 atom stereocenters. The van der Waals surface area contributed by atoms with Crippen LogP contribution in [0.15, 0.2) is 42.5 Å². The molecular weight excluding hydrogens is 333 g/mol. The SMILES string of the molecule is COc1cccc(CC(=O)Nc2ccc(N(C)C)cc2C(F)(F)F)c1. The zero-order chi connectivity index (χ0) is 18.6. The third-order valence-corrected chi connectivity index (χ3v) is 3.60. The first-order chi connectivity index (χ1) is 11.7. The zero-order valence-corrected chi connectivity index (χ0v) is 14.1. The molecule has 7 heteroatoms. The van der Waals surface area contributed by atoms with Crippen molar-refractivity contribution in [1.29, 1.82) is 0 Å². The minimum atomic E-state index is -4.56. The van der Waals surface area contributed by atoms with Gasteiger partial charge in [0.25, 0.3) is 0 Å². The standard InChI is InChI=1S/C18H19F3N2O2/c1-23(2)13-7-8-16(15(11-13)18(19,20)21)22-17(24)10-12-5-4-6-14(9-12)25-3/h4-9,11H,10H2,1-3H3,(H,22,24). The van der Waals surface area contributed by atoms with Crippen LogP contribution >= 0.6 is 0 Å². The summed E-state index contributed by atoms with van der Waals surface area (Å²) in [6.07, 6.45) is -4.62. The van der Waals surface area contributed by atoms with E-state index in [1.165, 1.54) is 19.2 Å². The van der Waals surface area contributed by atoms with Gasteiger partial charge in [-0.2, -0.15) is 13.2 Å². The monoisotopic (exact) mass is 352 g/mol. The van der Waals surface area contributed by atoms with Crippen molar-refractivity contribution in [2.75, 3.05) is 31.4 Å². The van der Waals surface area contributed by atoms with E-state index in [0.717, 1.165) is 6.07 Å². The first kappa shape index (κ1) is 18.6. The second kappa shape index (κ2) is 7.46. The Bertz CT molecular complexity index is 758. The van der Waals surface area contributed by atoms with Gasteiger partial charge in [-0.1, -0.05) is 12.1 Å². The molecule has 0 aliphatic heterocycles. The Hall–Kier alpha value is -2.70. The molecule has 2 aromatic carbocycles. The number of methoxy groups -OCH3 is 1. The number of rotatable bonds is 5. The van der Waals surface area contributed by atoms with E-state index in [1.54, 1.807) is 43.3 Å². The number of alkyl halides is 3. The quantitative estimate of drug-likeness (QED) is 0.886. The van der Waals surface area contributed by atoms with Crippen LogP contribution in [0.4, 0.5) is 24.5 Å². The molecule has 0 aromatic heterocycles. The third kappa shape index (κ3) is 4.89. The molecule has 4 nitrogen and oxygen atoms in total. The van der Waals surface area contributed by atoms with E-state index in [1.807, 2.05) is 0 Å². The lowest BCUT2D eigenvalue weighted by Crippen LogP contribution is -2.19. The first-order valence-electron chi connectivity index (χ1n) is 7.52. The van der Waals surface area contributed by atoms with Crippen LogP contribution in [-0.4, -0.2) is 27.1 Å². The van der Waals surface area contributed by atoms with E-state index in [4.69, 9.17) is 4.74 Å². The third-order valence-electron chi connectivity index (χ3n) is 3.60. The number of nitrogens with one attached hydrogen (secondary N) is 1. The molecule has 0 saturated heterocycles. The molecule has 0 heterocycles. The van der Waals surface area contributed by atoms with Gasteiger partial charge in [0, 0.05) is 19.8 Å². The van der Waals surface area contributed by atoms with Gasteiger partial charge in [0.05, 0.1) is 24.8 Å². The van der Waals surface area contributed by atoms with E-state index in [9.17, 15) is 18.0 Å². The summed E-state index contributed by atoms with van der Waals surface area (Å²) in [6.45, 7) is 0. The summed E-state index contributed by atoms with van der Waals surface area (Å²) in [4.78, 5) is 13.7. The summed E-state index contributed by atoms with van der Waals surface area (Å²) in [6, 6.07) is 10.6. The lowest BCUT2D eigenvalue weighted by Gasteiger charge is -2.18. The average molecular weight is 352 g/mol. The van der Waals surface area contributed by atoms with Gasteiger partial charge in [0.15, 0.2) is 0 Å². The summed E-state index contributed by atoms with van der Waals surface area (Å²) in [7, 11) is 4.80. The molecule has 0 saturated carbocycles. The molecule has 0 radical (unpaired) electrons. The van der Waals surface area contributed by atoms with Crippen molar-refractivity contribution < 1.29 is 22.7 Å². The molecular formula is C18H19F3N2O2. The molecule has 1 N–H and O–H groups in total. The van der Waals surface area contributed by atoms with Crippen molar-refractivity contribution in [2.45, 2.75) is 12.6 Å². The molecule has 0 bridgehead atoms. The predicted octanol–water partition coefficient (Wildman–Crippen LogP) is 3.96. The molecule has 0 aliphatic carbocycles. The second-order valence-corrected chi connectivity index (χ2v) is 5.70. The highest BCUT2D eigenvalue weighted by Crippen LogP contribution is 2.37. The number of carbonyl (C=O) groups excluding carboxylic acids is 1. The van der Waals surface area contributed by atoms with Crippen LogP contribution in [0.1, 0.15) is 11.1 Å². The van der Waals surface area contributed by atoms with Crippen LogP contribution in [-0.2, 0) is 17.4 Å².